The molecule has 0 aliphatic carbocycles. The summed E-state index contributed by atoms with van der Waals surface area (Å²) in [5.41, 5.74) is 1.78. The summed E-state index contributed by atoms with van der Waals surface area (Å²) in [7, 11) is 0. The Labute approximate surface area is 118 Å². The molecule has 0 bridgehead atoms. The number of aromatic nitrogens is 2. The fraction of sp³-hybridized carbons (Fsp3) is 0.0833. The number of nitrogens with zero attached hydrogens (tertiary/aromatic N) is 2. The molecular formula is C12H8Cl2N2O3. The number of rotatable bonds is 4. The zero-order valence-corrected chi connectivity index (χ0v) is 11.1. The molecular weight excluding hydrogens is 291 g/mol. The molecule has 0 atom stereocenters. The van der Waals surface area contributed by atoms with Crippen LogP contribution < -0.4 is 0 Å². The minimum atomic E-state index is -0.659. The van der Waals surface area contributed by atoms with Crippen molar-refractivity contribution in [2.24, 2.45) is 0 Å². The number of ether oxygens (including phenoxy) is 1. The first kappa shape index (κ1) is 13.6. The molecule has 0 unspecified atom stereocenters. The quantitative estimate of drug-likeness (QED) is 0.493. The third-order valence-corrected chi connectivity index (χ3v) is 2.50. The van der Waals surface area contributed by atoms with Crippen LogP contribution in [-0.2, 0) is 9.53 Å². The van der Waals surface area contributed by atoms with Crippen molar-refractivity contribution in [1.82, 2.24) is 10.2 Å². The largest absolute Gasteiger partial charge is 0.419 e. The Bertz CT molecular complexity index is 596. The highest BCUT2D eigenvalue weighted by Gasteiger charge is 2.16. The van der Waals surface area contributed by atoms with Crippen LogP contribution in [0.2, 0.25) is 0 Å². The van der Waals surface area contributed by atoms with Gasteiger partial charge < -0.3 is 9.15 Å². The molecule has 98 valence electrons. The van der Waals surface area contributed by atoms with Crippen LogP contribution in [0.5, 0.6) is 0 Å². The zero-order valence-electron chi connectivity index (χ0n) is 9.55. The molecule has 1 aromatic heterocycles. The van der Waals surface area contributed by atoms with E-state index < -0.39 is 5.97 Å². The molecule has 0 saturated carbocycles. The fourth-order valence-electron chi connectivity index (χ4n) is 1.28. The maximum Gasteiger partial charge on any atom is 0.326 e. The van der Waals surface area contributed by atoms with Crippen LogP contribution >= 0.6 is 23.2 Å². The number of halogens is 2. The molecule has 19 heavy (non-hydrogen) atoms. The molecule has 2 aromatic rings. The van der Waals surface area contributed by atoms with Gasteiger partial charge in [-0.2, -0.15) is 0 Å². The Morgan fingerprint density at radius 1 is 1.32 bits per heavy atom. The minimum Gasteiger partial charge on any atom is -0.419 e. The second kappa shape index (κ2) is 6.36. The monoisotopic (exact) mass is 298 g/mol. The summed E-state index contributed by atoms with van der Waals surface area (Å²) in [6, 6.07) is 9.17. The highest BCUT2D eigenvalue weighted by molar-refractivity contribution is 6.29. The Hall–Kier alpha value is -1.85. The van der Waals surface area contributed by atoms with Crippen molar-refractivity contribution in [1.29, 1.82) is 0 Å². The van der Waals surface area contributed by atoms with Crippen LogP contribution in [0.15, 0.2) is 40.3 Å². The summed E-state index contributed by atoms with van der Waals surface area (Å²) in [5.74, 6) is -0.690. The van der Waals surface area contributed by atoms with E-state index in [0.717, 1.165) is 11.1 Å². The number of hydrogen-bond acceptors (Lipinski definition) is 5. The Kier molecular flexibility index (Phi) is 4.54. The molecule has 0 saturated heterocycles. The average Bonchev–Trinajstić information content (AvgIpc) is 2.95. The highest BCUT2D eigenvalue weighted by Crippen LogP contribution is 2.22. The van der Waals surface area contributed by atoms with Gasteiger partial charge >= 0.3 is 5.97 Å². The van der Waals surface area contributed by atoms with Gasteiger partial charge in [-0.1, -0.05) is 29.8 Å². The predicted molar refractivity (Wildman–Crippen MR) is 70.4 cm³/mol. The Morgan fingerprint density at radius 3 is 2.68 bits per heavy atom. The van der Waals surface area contributed by atoms with Gasteiger partial charge in [0.1, 0.15) is 5.88 Å². The third-order valence-electron chi connectivity index (χ3n) is 2.09. The number of carbonyl (C=O) groups excluding carboxylic acids is 1. The molecule has 0 amide bonds. The van der Waals surface area contributed by atoms with Gasteiger partial charge in [0.25, 0.3) is 5.89 Å². The van der Waals surface area contributed by atoms with Crippen molar-refractivity contribution < 1.29 is 13.9 Å². The number of alkyl halides is 1. The molecule has 0 fully saturated rings. The topological polar surface area (TPSA) is 65.2 Å². The van der Waals surface area contributed by atoms with E-state index in [4.69, 9.17) is 32.4 Å². The van der Waals surface area contributed by atoms with E-state index >= 15 is 0 Å². The second-order valence-electron chi connectivity index (χ2n) is 3.36. The molecule has 1 heterocycles. The zero-order chi connectivity index (χ0) is 13.7. The lowest BCUT2D eigenvalue weighted by Gasteiger charge is -2.00. The molecule has 1 aromatic carbocycles. The molecule has 0 N–H and O–H groups in total. The third kappa shape index (κ3) is 3.33. The van der Waals surface area contributed by atoms with Gasteiger partial charge in [-0.3, -0.25) is 4.79 Å². The second-order valence-corrected chi connectivity index (χ2v) is 3.84. The summed E-state index contributed by atoms with van der Waals surface area (Å²) in [6.45, 7) is 0. The van der Waals surface area contributed by atoms with Crippen LogP contribution in [0.25, 0.3) is 17.2 Å². The van der Waals surface area contributed by atoms with Crippen molar-refractivity contribution in [2.75, 3.05) is 5.88 Å². The first-order chi connectivity index (χ1) is 9.24. The van der Waals surface area contributed by atoms with Crippen LogP contribution in [-0.4, -0.2) is 22.0 Å². The number of esters is 1. The maximum atomic E-state index is 11.1. The van der Waals surface area contributed by atoms with Gasteiger partial charge in [-0.15, -0.1) is 21.8 Å². The summed E-state index contributed by atoms with van der Waals surface area (Å²) < 4.78 is 10.2. The van der Waals surface area contributed by atoms with Crippen molar-refractivity contribution in [2.45, 2.75) is 0 Å². The molecule has 0 aliphatic heterocycles. The Morgan fingerprint density at radius 2 is 2.05 bits per heavy atom. The summed E-state index contributed by atoms with van der Waals surface area (Å²) >= 11 is 10.9. The Balaban J connectivity index is 2.23. The van der Waals surface area contributed by atoms with Crippen molar-refractivity contribution in [3.05, 3.63) is 41.8 Å². The molecule has 2 rings (SSSR count). The van der Waals surface area contributed by atoms with E-state index in [1.807, 2.05) is 30.3 Å². The van der Waals surface area contributed by atoms with Gasteiger partial charge in [-0.05, 0) is 12.1 Å². The van der Waals surface area contributed by atoms with Gasteiger partial charge in [0, 0.05) is 5.56 Å². The van der Waals surface area contributed by atoms with E-state index in [-0.39, 0.29) is 17.5 Å². The highest BCUT2D eigenvalue weighted by atomic mass is 35.5. The van der Waals surface area contributed by atoms with E-state index in [1.54, 1.807) is 0 Å². The van der Waals surface area contributed by atoms with Crippen molar-refractivity contribution >= 4 is 34.9 Å². The fourth-order valence-corrected chi connectivity index (χ4v) is 1.48. The molecule has 7 heteroatoms. The summed E-state index contributed by atoms with van der Waals surface area (Å²) in [4.78, 5) is 11.1. The molecule has 0 aliphatic rings. The van der Waals surface area contributed by atoms with Crippen molar-refractivity contribution in [3.8, 4) is 11.5 Å². The van der Waals surface area contributed by atoms with Gasteiger partial charge in [0.15, 0.2) is 0 Å². The van der Waals surface area contributed by atoms with Crippen LogP contribution in [0.1, 0.15) is 5.89 Å². The number of hydrogen-bond donors (Lipinski definition) is 0. The maximum absolute atomic E-state index is 11.1. The van der Waals surface area contributed by atoms with Gasteiger partial charge in [0.05, 0.1) is 5.54 Å². The summed E-state index contributed by atoms with van der Waals surface area (Å²) in [5, 5.41) is 7.61. The average molecular weight is 299 g/mol. The molecule has 0 spiro atoms. The van der Waals surface area contributed by atoms with E-state index in [2.05, 4.69) is 10.2 Å². The van der Waals surface area contributed by atoms with E-state index in [0.29, 0.717) is 5.89 Å². The SMILES string of the molecule is O=C(CCl)O/C(=C\Cl)c1nnc(-c2ccccc2)o1. The van der Waals surface area contributed by atoms with Crippen LogP contribution in [0.3, 0.4) is 0 Å². The van der Waals surface area contributed by atoms with E-state index in [1.165, 1.54) is 0 Å². The lowest BCUT2D eigenvalue weighted by Crippen LogP contribution is -2.04. The number of benzene rings is 1. The van der Waals surface area contributed by atoms with Gasteiger partial charge in [-0.25, -0.2) is 0 Å². The van der Waals surface area contributed by atoms with Crippen LogP contribution in [0.4, 0.5) is 0 Å². The lowest BCUT2D eigenvalue weighted by molar-refractivity contribution is -0.133. The van der Waals surface area contributed by atoms with Gasteiger partial charge in [0.2, 0.25) is 11.6 Å². The molecule has 5 nitrogen and oxygen atoms in total. The van der Waals surface area contributed by atoms with E-state index in [9.17, 15) is 4.79 Å². The predicted octanol–water partition coefficient (Wildman–Crippen LogP) is 3.06. The first-order valence-electron chi connectivity index (χ1n) is 5.21. The smallest absolute Gasteiger partial charge is 0.326 e. The van der Waals surface area contributed by atoms with Crippen LogP contribution in [0, 0.1) is 0 Å². The number of carbonyl (C=O) groups is 1. The first-order valence-corrected chi connectivity index (χ1v) is 6.18. The molecule has 0 radical (unpaired) electrons. The lowest BCUT2D eigenvalue weighted by atomic mass is 10.2. The normalized spacial score (nSPS) is 11.4. The summed E-state index contributed by atoms with van der Waals surface area (Å²) in [6.07, 6.45) is 0. The standard InChI is InChI=1S/C12H8Cl2N2O3/c13-6-9(18-10(17)7-14)12-16-15-11(19-12)8-4-2-1-3-5-8/h1-6H,7H2/b9-6-. The van der Waals surface area contributed by atoms with Crippen molar-refractivity contribution in [3.63, 3.8) is 0 Å². The minimum absolute atomic E-state index is 0.00678.